The highest BCUT2D eigenvalue weighted by Gasteiger charge is 2.47. The molecule has 1 aromatic rings. The standard InChI is InChI=1S/C32H47N5/c1-20(2)28(35-29(34)37-15-11-12-16-37)22-13-14-30(4,5)24-19-26-25(18-23(24)27(33)17-21(22)3)31(6,7)36(10)32(26,8)9/h13-14,17-20,34H,11-12,15-16,33H2,1-10H3/b14-13+,22-21-,27-17-,34-29?,35-28+. The Morgan fingerprint density at radius 2 is 1.54 bits per heavy atom. The Morgan fingerprint density at radius 1 is 0.973 bits per heavy atom. The van der Waals surface area contributed by atoms with E-state index in [1.807, 2.05) is 0 Å². The van der Waals surface area contributed by atoms with Crippen LogP contribution in [0.25, 0.3) is 5.70 Å². The molecule has 0 spiro atoms. The van der Waals surface area contributed by atoms with Crippen LogP contribution >= 0.6 is 0 Å². The van der Waals surface area contributed by atoms with E-state index < -0.39 is 0 Å². The molecule has 0 unspecified atom stereocenters. The smallest absolute Gasteiger partial charge is 0.218 e. The van der Waals surface area contributed by atoms with Crippen molar-refractivity contribution in [2.75, 3.05) is 20.1 Å². The first kappa shape index (κ1) is 27.4. The highest BCUT2D eigenvalue weighted by atomic mass is 15.3. The molecule has 1 fully saturated rings. The van der Waals surface area contributed by atoms with E-state index in [1.54, 1.807) is 0 Å². The third kappa shape index (κ3) is 4.60. The van der Waals surface area contributed by atoms with E-state index in [9.17, 15) is 0 Å². The number of aliphatic imine (C=N–C) groups is 1. The molecular formula is C32H47N5. The summed E-state index contributed by atoms with van der Waals surface area (Å²) in [6, 6.07) is 4.75. The second kappa shape index (κ2) is 9.27. The summed E-state index contributed by atoms with van der Waals surface area (Å²) in [6.45, 7) is 22.1. The van der Waals surface area contributed by atoms with Gasteiger partial charge in [-0.05, 0) is 100 Å². The molecule has 5 heteroatoms. The van der Waals surface area contributed by atoms with E-state index in [-0.39, 0.29) is 22.4 Å². The van der Waals surface area contributed by atoms with Gasteiger partial charge in [0.1, 0.15) is 0 Å². The van der Waals surface area contributed by atoms with Gasteiger partial charge in [-0.15, -0.1) is 0 Å². The summed E-state index contributed by atoms with van der Waals surface area (Å²) in [5.74, 6) is 0.554. The lowest BCUT2D eigenvalue weighted by Crippen LogP contribution is -2.42. The number of nitrogens with one attached hydrogen (secondary N) is 1. The van der Waals surface area contributed by atoms with Crippen molar-refractivity contribution in [3.05, 3.63) is 63.8 Å². The molecule has 200 valence electrons. The molecule has 2 heterocycles. The van der Waals surface area contributed by atoms with Gasteiger partial charge in [0.05, 0.1) is 5.71 Å². The van der Waals surface area contributed by atoms with Crippen molar-refractivity contribution in [3.8, 4) is 0 Å². The Bertz CT molecular complexity index is 1230. The zero-order chi connectivity index (χ0) is 27.5. The van der Waals surface area contributed by atoms with Gasteiger partial charge in [0.2, 0.25) is 5.96 Å². The molecular weight excluding hydrogens is 454 g/mol. The lowest BCUT2D eigenvalue weighted by Gasteiger charge is -2.37. The van der Waals surface area contributed by atoms with Crippen molar-refractivity contribution >= 4 is 17.4 Å². The highest BCUT2D eigenvalue weighted by Crippen LogP contribution is 2.50. The van der Waals surface area contributed by atoms with E-state index in [0.29, 0.717) is 5.96 Å². The lowest BCUT2D eigenvalue weighted by molar-refractivity contribution is 0.0730. The molecule has 0 amide bonds. The maximum atomic E-state index is 8.67. The number of benzene rings is 1. The van der Waals surface area contributed by atoms with E-state index in [2.05, 4.69) is 110 Å². The van der Waals surface area contributed by atoms with Gasteiger partial charge in [0.15, 0.2) is 0 Å². The van der Waals surface area contributed by atoms with Crippen molar-refractivity contribution in [2.24, 2.45) is 16.6 Å². The van der Waals surface area contributed by atoms with Crippen LogP contribution in [0, 0.1) is 11.3 Å². The maximum absolute atomic E-state index is 8.67. The van der Waals surface area contributed by atoms with Crippen LogP contribution in [0.2, 0.25) is 0 Å². The molecule has 1 saturated heterocycles. The molecule has 4 rings (SSSR count). The van der Waals surface area contributed by atoms with Crippen LogP contribution in [0.4, 0.5) is 0 Å². The minimum absolute atomic E-state index is 0.0721. The Kier molecular flexibility index (Phi) is 6.86. The number of likely N-dealkylation sites (tertiary alicyclic amines) is 1. The minimum Gasteiger partial charge on any atom is -0.398 e. The summed E-state index contributed by atoms with van der Waals surface area (Å²) in [5, 5.41) is 8.67. The Hall–Kier alpha value is -2.66. The summed E-state index contributed by atoms with van der Waals surface area (Å²) < 4.78 is 0. The fourth-order valence-electron chi connectivity index (χ4n) is 6.25. The molecule has 0 saturated carbocycles. The quantitative estimate of drug-likeness (QED) is 0.350. The number of hydrogen-bond acceptors (Lipinski definition) is 3. The fourth-order valence-corrected chi connectivity index (χ4v) is 6.25. The Balaban J connectivity index is 1.90. The van der Waals surface area contributed by atoms with Gasteiger partial charge >= 0.3 is 0 Å². The number of fused-ring (bicyclic) bond motifs is 2. The van der Waals surface area contributed by atoms with Crippen molar-refractivity contribution < 1.29 is 0 Å². The topological polar surface area (TPSA) is 68.7 Å². The van der Waals surface area contributed by atoms with Crippen LogP contribution in [0.3, 0.4) is 0 Å². The van der Waals surface area contributed by atoms with Gasteiger partial charge < -0.3 is 10.6 Å². The van der Waals surface area contributed by atoms with Crippen LogP contribution in [-0.2, 0) is 16.5 Å². The van der Waals surface area contributed by atoms with E-state index >= 15 is 0 Å². The molecule has 0 atom stereocenters. The molecule has 1 aliphatic carbocycles. The molecule has 1 aromatic carbocycles. The predicted molar refractivity (Wildman–Crippen MR) is 158 cm³/mol. The summed E-state index contributed by atoms with van der Waals surface area (Å²) in [6.07, 6.45) is 8.90. The van der Waals surface area contributed by atoms with Crippen molar-refractivity contribution in [3.63, 3.8) is 0 Å². The van der Waals surface area contributed by atoms with Crippen molar-refractivity contribution in [1.29, 1.82) is 5.41 Å². The summed E-state index contributed by atoms with van der Waals surface area (Å²) in [7, 11) is 2.22. The van der Waals surface area contributed by atoms with Gasteiger partial charge in [-0.25, -0.2) is 4.99 Å². The summed E-state index contributed by atoms with van der Waals surface area (Å²) in [4.78, 5) is 9.45. The molecule has 37 heavy (non-hydrogen) atoms. The van der Waals surface area contributed by atoms with Gasteiger partial charge in [-0.3, -0.25) is 10.3 Å². The van der Waals surface area contributed by atoms with E-state index in [4.69, 9.17) is 16.1 Å². The molecule has 2 aliphatic heterocycles. The van der Waals surface area contributed by atoms with Gasteiger partial charge in [0, 0.05) is 40.8 Å². The molecule has 0 radical (unpaired) electrons. The third-order valence-corrected chi connectivity index (χ3v) is 9.08. The lowest BCUT2D eigenvalue weighted by atomic mass is 9.76. The third-order valence-electron chi connectivity index (χ3n) is 9.08. The first-order valence-corrected chi connectivity index (χ1v) is 13.8. The first-order valence-electron chi connectivity index (χ1n) is 13.8. The molecule has 5 nitrogen and oxygen atoms in total. The van der Waals surface area contributed by atoms with Crippen molar-refractivity contribution in [2.45, 2.75) is 91.6 Å². The van der Waals surface area contributed by atoms with Gasteiger partial charge in [-0.2, -0.15) is 0 Å². The molecule has 3 aliphatic rings. The number of rotatable bonds is 2. The van der Waals surface area contributed by atoms with Crippen LogP contribution < -0.4 is 5.73 Å². The second-order valence-corrected chi connectivity index (χ2v) is 13.0. The van der Waals surface area contributed by atoms with Gasteiger partial charge in [0.25, 0.3) is 0 Å². The Morgan fingerprint density at radius 3 is 2.11 bits per heavy atom. The number of allylic oxidation sites excluding steroid dienone is 5. The average Bonchev–Trinajstić information content (AvgIpc) is 3.40. The van der Waals surface area contributed by atoms with Crippen LogP contribution in [0.15, 0.2) is 46.5 Å². The number of hydrogen-bond donors (Lipinski definition) is 2. The molecule has 3 N–H and O–H groups in total. The Labute approximate surface area is 224 Å². The zero-order valence-electron chi connectivity index (χ0n) is 24.7. The normalized spacial score (nSPS) is 27.2. The summed E-state index contributed by atoms with van der Waals surface area (Å²) >= 11 is 0. The maximum Gasteiger partial charge on any atom is 0.218 e. The van der Waals surface area contributed by atoms with Crippen LogP contribution in [-0.4, -0.2) is 41.6 Å². The largest absolute Gasteiger partial charge is 0.398 e. The minimum atomic E-state index is -0.245. The zero-order valence-corrected chi connectivity index (χ0v) is 24.7. The van der Waals surface area contributed by atoms with Crippen molar-refractivity contribution in [1.82, 2.24) is 9.80 Å². The predicted octanol–water partition coefficient (Wildman–Crippen LogP) is 6.69. The monoisotopic (exact) mass is 501 g/mol. The highest BCUT2D eigenvalue weighted by molar-refractivity contribution is 6.10. The molecule has 0 bridgehead atoms. The first-order chi connectivity index (χ1) is 17.1. The SMILES string of the molecule is CC1=C(/C(=N/C(=N)N2CCCC2)C(C)C)\C=C\C(C)(C)c2cc3c(cc2\C(N)=C\1)C(C)(C)N(C)C3(C)C. The summed E-state index contributed by atoms with van der Waals surface area (Å²) in [5.41, 5.74) is 15.5. The van der Waals surface area contributed by atoms with Crippen LogP contribution in [0.5, 0.6) is 0 Å². The number of guanidine groups is 1. The van der Waals surface area contributed by atoms with Crippen LogP contribution in [0.1, 0.15) is 97.4 Å². The van der Waals surface area contributed by atoms with Gasteiger partial charge in [-0.1, -0.05) is 45.9 Å². The van der Waals surface area contributed by atoms with E-state index in [0.717, 1.165) is 54.0 Å². The number of nitrogens with zero attached hydrogens (tertiary/aromatic N) is 3. The second-order valence-electron chi connectivity index (χ2n) is 13.0. The molecule has 0 aromatic heterocycles. The van der Waals surface area contributed by atoms with E-state index in [1.165, 1.54) is 16.7 Å². The fraction of sp³-hybridized carbons (Fsp3) is 0.562. The average molecular weight is 502 g/mol. The number of nitrogens with two attached hydrogens (primary N) is 1.